The highest BCUT2D eigenvalue weighted by Gasteiger charge is 2.37. The van der Waals surface area contributed by atoms with Crippen LogP contribution in [-0.2, 0) is 22.4 Å². The summed E-state index contributed by atoms with van der Waals surface area (Å²) in [6.07, 6.45) is -0.346. The number of imide groups is 1. The fourth-order valence-electron chi connectivity index (χ4n) is 2.74. The van der Waals surface area contributed by atoms with Crippen LogP contribution in [0.1, 0.15) is 11.1 Å². The lowest BCUT2D eigenvalue weighted by atomic mass is 10.0. The molecule has 124 valence electrons. The number of rotatable bonds is 4. The molecule has 1 fully saturated rings. The fraction of sp³-hybridized carbons (Fsp3) is 0.222. The Kier molecular flexibility index (Phi) is 4.94. The SMILES string of the molecule is O=C(Cc1cccc(Br)c1F)N1C(=O)OC[C@@H]1Cc1ccccc1. The van der Waals surface area contributed by atoms with Crippen molar-refractivity contribution in [3.8, 4) is 0 Å². The monoisotopic (exact) mass is 391 g/mol. The first kappa shape index (κ1) is 16.6. The molecule has 2 amide bonds. The maximum Gasteiger partial charge on any atom is 0.416 e. The van der Waals surface area contributed by atoms with E-state index >= 15 is 0 Å². The molecular formula is C18H15BrFNO3. The van der Waals surface area contributed by atoms with Crippen LogP contribution in [0, 0.1) is 5.82 Å². The largest absolute Gasteiger partial charge is 0.447 e. The van der Waals surface area contributed by atoms with Gasteiger partial charge < -0.3 is 4.74 Å². The molecule has 0 aromatic heterocycles. The maximum atomic E-state index is 14.1. The standard InChI is InChI=1S/C18H15BrFNO3/c19-15-8-4-7-13(17(15)20)10-16(22)21-14(11-24-18(21)23)9-12-5-2-1-3-6-12/h1-8,14H,9-11H2/t14-/m0/s1. The van der Waals surface area contributed by atoms with Crippen molar-refractivity contribution >= 4 is 27.9 Å². The predicted molar refractivity (Wildman–Crippen MR) is 89.9 cm³/mol. The van der Waals surface area contributed by atoms with Crippen LogP contribution < -0.4 is 0 Å². The molecule has 0 aliphatic carbocycles. The first-order chi connectivity index (χ1) is 11.6. The number of hydrogen-bond acceptors (Lipinski definition) is 3. The summed E-state index contributed by atoms with van der Waals surface area (Å²) in [6.45, 7) is 0.153. The molecule has 1 heterocycles. The molecule has 0 unspecified atom stereocenters. The average Bonchev–Trinajstić information content (AvgIpc) is 2.93. The molecule has 2 aromatic rings. The second-order valence-electron chi connectivity index (χ2n) is 5.57. The minimum absolute atomic E-state index is 0.153. The number of nitrogens with zero attached hydrogens (tertiary/aromatic N) is 1. The molecule has 24 heavy (non-hydrogen) atoms. The summed E-state index contributed by atoms with van der Waals surface area (Å²) >= 11 is 3.10. The van der Waals surface area contributed by atoms with E-state index in [1.807, 2.05) is 30.3 Å². The zero-order valence-corrected chi connectivity index (χ0v) is 14.3. The predicted octanol–water partition coefficient (Wildman–Crippen LogP) is 3.72. The second-order valence-corrected chi connectivity index (χ2v) is 6.43. The van der Waals surface area contributed by atoms with Crippen LogP contribution in [0.5, 0.6) is 0 Å². The number of amides is 2. The summed E-state index contributed by atoms with van der Waals surface area (Å²) < 4.78 is 19.4. The van der Waals surface area contributed by atoms with E-state index in [1.54, 1.807) is 12.1 Å². The van der Waals surface area contributed by atoms with Crippen LogP contribution in [0.3, 0.4) is 0 Å². The summed E-state index contributed by atoms with van der Waals surface area (Å²) in [6, 6.07) is 13.9. The Bertz CT molecular complexity index is 766. The lowest BCUT2D eigenvalue weighted by Crippen LogP contribution is -2.41. The van der Waals surface area contributed by atoms with Crippen LogP contribution in [0.15, 0.2) is 53.0 Å². The minimum Gasteiger partial charge on any atom is -0.447 e. The molecule has 0 bridgehead atoms. The van der Waals surface area contributed by atoms with Gasteiger partial charge >= 0.3 is 6.09 Å². The third kappa shape index (κ3) is 3.48. The van der Waals surface area contributed by atoms with E-state index in [-0.39, 0.29) is 29.1 Å². The first-order valence-corrected chi connectivity index (χ1v) is 8.31. The zero-order chi connectivity index (χ0) is 17.1. The molecule has 6 heteroatoms. The second kappa shape index (κ2) is 7.13. The normalized spacial score (nSPS) is 17.0. The van der Waals surface area contributed by atoms with Gasteiger partial charge in [0.2, 0.25) is 5.91 Å². The molecule has 0 spiro atoms. The number of cyclic esters (lactones) is 1. The Morgan fingerprint density at radius 1 is 1.21 bits per heavy atom. The van der Waals surface area contributed by atoms with E-state index in [9.17, 15) is 14.0 Å². The average molecular weight is 392 g/mol. The third-order valence-electron chi connectivity index (χ3n) is 3.92. The molecular weight excluding hydrogens is 377 g/mol. The fourth-order valence-corrected chi connectivity index (χ4v) is 3.14. The van der Waals surface area contributed by atoms with Crippen LogP contribution in [0.25, 0.3) is 0 Å². The molecule has 3 rings (SSSR count). The summed E-state index contributed by atoms with van der Waals surface area (Å²) in [5.74, 6) is -0.951. The van der Waals surface area contributed by atoms with Crippen molar-refractivity contribution in [3.05, 3.63) is 69.9 Å². The number of carbonyl (C=O) groups excluding carboxylic acids is 2. The Morgan fingerprint density at radius 2 is 1.96 bits per heavy atom. The van der Waals surface area contributed by atoms with Crippen molar-refractivity contribution in [2.75, 3.05) is 6.61 Å². The molecule has 0 radical (unpaired) electrons. The smallest absolute Gasteiger partial charge is 0.416 e. The van der Waals surface area contributed by atoms with Gasteiger partial charge in [0.1, 0.15) is 12.4 Å². The molecule has 1 saturated heterocycles. The highest BCUT2D eigenvalue weighted by Crippen LogP contribution is 2.22. The summed E-state index contributed by atoms with van der Waals surface area (Å²) in [5, 5.41) is 0. The summed E-state index contributed by atoms with van der Waals surface area (Å²) in [7, 11) is 0. The Hall–Kier alpha value is -2.21. The molecule has 1 aliphatic heterocycles. The van der Waals surface area contributed by atoms with Crippen molar-refractivity contribution in [2.45, 2.75) is 18.9 Å². The van der Waals surface area contributed by atoms with Gasteiger partial charge in [-0.3, -0.25) is 4.79 Å². The maximum absolute atomic E-state index is 14.1. The number of carbonyl (C=O) groups is 2. The van der Waals surface area contributed by atoms with Gasteiger partial charge in [0.05, 0.1) is 16.9 Å². The van der Waals surface area contributed by atoms with E-state index < -0.39 is 17.8 Å². The van der Waals surface area contributed by atoms with Gasteiger partial charge in [-0.1, -0.05) is 42.5 Å². The lowest BCUT2D eigenvalue weighted by Gasteiger charge is -2.20. The van der Waals surface area contributed by atoms with Crippen LogP contribution in [0.2, 0.25) is 0 Å². The van der Waals surface area contributed by atoms with Crippen LogP contribution >= 0.6 is 15.9 Å². The Morgan fingerprint density at radius 3 is 2.71 bits per heavy atom. The third-order valence-corrected chi connectivity index (χ3v) is 4.53. The van der Waals surface area contributed by atoms with Crippen molar-refractivity contribution < 1.29 is 18.7 Å². The van der Waals surface area contributed by atoms with E-state index in [0.29, 0.717) is 6.42 Å². The van der Waals surface area contributed by atoms with E-state index in [1.165, 1.54) is 6.07 Å². The van der Waals surface area contributed by atoms with Gasteiger partial charge in [0.15, 0.2) is 0 Å². The minimum atomic E-state index is -0.670. The lowest BCUT2D eigenvalue weighted by molar-refractivity contribution is -0.128. The zero-order valence-electron chi connectivity index (χ0n) is 12.7. The topological polar surface area (TPSA) is 46.6 Å². The van der Waals surface area contributed by atoms with Crippen LogP contribution in [0.4, 0.5) is 9.18 Å². The molecule has 1 atom stereocenters. The van der Waals surface area contributed by atoms with Gasteiger partial charge in [-0.15, -0.1) is 0 Å². The van der Waals surface area contributed by atoms with Crippen molar-refractivity contribution in [1.29, 1.82) is 0 Å². The number of ether oxygens (including phenoxy) is 1. The highest BCUT2D eigenvalue weighted by atomic mass is 79.9. The first-order valence-electron chi connectivity index (χ1n) is 7.52. The Labute approximate surface area is 147 Å². The molecule has 2 aromatic carbocycles. The summed E-state index contributed by atoms with van der Waals surface area (Å²) in [5.41, 5.74) is 1.25. The van der Waals surface area contributed by atoms with E-state index in [4.69, 9.17) is 4.74 Å². The number of hydrogen-bond donors (Lipinski definition) is 0. The van der Waals surface area contributed by atoms with Crippen LogP contribution in [-0.4, -0.2) is 29.5 Å². The number of halogens is 2. The number of benzene rings is 2. The van der Waals surface area contributed by atoms with Crippen molar-refractivity contribution in [2.24, 2.45) is 0 Å². The van der Waals surface area contributed by atoms with Crippen molar-refractivity contribution in [1.82, 2.24) is 4.90 Å². The molecule has 0 saturated carbocycles. The van der Waals surface area contributed by atoms with E-state index in [2.05, 4.69) is 15.9 Å². The van der Waals surface area contributed by atoms with Gasteiger partial charge in [0.25, 0.3) is 0 Å². The van der Waals surface area contributed by atoms with Crippen molar-refractivity contribution in [3.63, 3.8) is 0 Å². The summed E-state index contributed by atoms with van der Waals surface area (Å²) in [4.78, 5) is 25.6. The molecule has 4 nitrogen and oxygen atoms in total. The van der Waals surface area contributed by atoms with Gasteiger partial charge in [-0.25, -0.2) is 14.1 Å². The van der Waals surface area contributed by atoms with E-state index in [0.717, 1.165) is 10.5 Å². The highest BCUT2D eigenvalue weighted by molar-refractivity contribution is 9.10. The van der Waals surface area contributed by atoms with Gasteiger partial charge in [0, 0.05) is 0 Å². The quantitative estimate of drug-likeness (QED) is 0.797. The van der Waals surface area contributed by atoms with Gasteiger partial charge in [-0.2, -0.15) is 0 Å². The molecule has 1 aliphatic rings. The Balaban J connectivity index is 1.76. The molecule has 0 N–H and O–H groups in total. The van der Waals surface area contributed by atoms with Gasteiger partial charge in [-0.05, 0) is 39.5 Å².